The second-order valence-corrected chi connectivity index (χ2v) is 14.8. The van der Waals surface area contributed by atoms with Crippen molar-refractivity contribution in [1.82, 2.24) is 14.7 Å². The van der Waals surface area contributed by atoms with Crippen LogP contribution in [0, 0.1) is 5.41 Å². The Labute approximate surface area is 276 Å². The molecule has 47 heavy (non-hydrogen) atoms. The number of nitrogens with zero attached hydrogens (tertiary/aromatic N) is 3. The Morgan fingerprint density at radius 1 is 0.851 bits per heavy atom. The van der Waals surface area contributed by atoms with Crippen LogP contribution in [0.3, 0.4) is 0 Å². The van der Waals surface area contributed by atoms with Gasteiger partial charge in [-0.1, -0.05) is 63.2 Å². The van der Waals surface area contributed by atoms with E-state index >= 15 is 0 Å². The van der Waals surface area contributed by atoms with Crippen LogP contribution in [0.5, 0.6) is 0 Å². The lowest BCUT2D eigenvalue weighted by atomic mass is 9.85. The molecule has 12 heteroatoms. The maximum Gasteiger partial charge on any atom is 0.416 e. The number of carbonyl (C=O) groups excluding carboxylic acids is 1. The summed E-state index contributed by atoms with van der Waals surface area (Å²) in [6.45, 7) is 10.2. The molecule has 0 bridgehead atoms. The van der Waals surface area contributed by atoms with Gasteiger partial charge in [-0.05, 0) is 86.7 Å². The summed E-state index contributed by atoms with van der Waals surface area (Å²) in [5.74, 6) is -1.24. The van der Waals surface area contributed by atoms with E-state index in [1.165, 1.54) is 18.3 Å². The van der Waals surface area contributed by atoms with Crippen molar-refractivity contribution >= 4 is 39.3 Å². The summed E-state index contributed by atoms with van der Waals surface area (Å²) in [4.78, 5) is 35.9. The minimum atomic E-state index is -4.12. The van der Waals surface area contributed by atoms with Crippen molar-refractivity contribution in [3.8, 4) is 0 Å². The van der Waals surface area contributed by atoms with E-state index in [2.05, 4.69) is 15.0 Å². The molecular formula is C35H41N5O6S. The van der Waals surface area contributed by atoms with Gasteiger partial charge in [0, 0.05) is 17.6 Å². The number of aromatic nitrogens is 2. The van der Waals surface area contributed by atoms with Gasteiger partial charge in [-0.25, -0.2) is 37.6 Å². The SMILES string of the molecule is CC(C)(C)OC(=O)N(c1cccc(C(Cc2ccc(Nc3ccccc3)cc2)NS(=O)(=O)c2ccccn2)n1)C(C(=O)O)C(C)(C)C. The van der Waals surface area contributed by atoms with E-state index in [0.717, 1.165) is 21.8 Å². The summed E-state index contributed by atoms with van der Waals surface area (Å²) >= 11 is 0. The third-order valence-corrected chi connectivity index (χ3v) is 8.32. The van der Waals surface area contributed by atoms with Gasteiger partial charge < -0.3 is 15.2 Å². The molecule has 2 atom stereocenters. The number of para-hydroxylation sites is 1. The number of benzene rings is 2. The first-order chi connectivity index (χ1) is 22.0. The third kappa shape index (κ3) is 9.60. The fraction of sp³-hybridized carbons (Fsp3) is 0.314. The van der Waals surface area contributed by atoms with Crippen LogP contribution in [0.4, 0.5) is 22.0 Å². The summed E-state index contributed by atoms with van der Waals surface area (Å²) in [7, 11) is -4.12. The van der Waals surface area contributed by atoms with E-state index in [0.29, 0.717) is 0 Å². The van der Waals surface area contributed by atoms with Crippen molar-refractivity contribution in [3.05, 3.63) is 108 Å². The monoisotopic (exact) mass is 659 g/mol. The second-order valence-electron chi connectivity index (χ2n) is 13.1. The highest BCUT2D eigenvalue weighted by Crippen LogP contribution is 2.31. The van der Waals surface area contributed by atoms with Crippen LogP contribution in [0.2, 0.25) is 0 Å². The number of sulfonamides is 1. The van der Waals surface area contributed by atoms with Gasteiger partial charge in [0.05, 0.1) is 11.7 Å². The number of hydrogen-bond donors (Lipinski definition) is 3. The van der Waals surface area contributed by atoms with E-state index < -0.39 is 45.2 Å². The molecule has 0 aliphatic heterocycles. The van der Waals surface area contributed by atoms with E-state index in [4.69, 9.17) is 9.72 Å². The van der Waals surface area contributed by atoms with Crippen molar-refractivity contribution in [1.29, 1.82) is 0 Å². The molecule has 2 aromatic heterocycles. The van der Waals surface area contributed by atoms with E-state index in [1.807, 2.05) is 54.6 Å². The quantitative estimate of drug-likeness (QED) is 0.159. The zero-order valence-electron chi connectivity index (χ0n) is 27.3. The molecule has 0 saturated carbocycles. The summed E-state index contributed by atoms with van der Waals surface area (Å²) < 4.78 is 35.4. The zero-order chi connectivity index (χ0) is 34.4. The molecular weight excluding hydrogens is 618 g/mol. The van der Waals surface area contributed by atoms with Crippen molar-refractivity contribution in [2.45, 2.75) is 70.7 Å². The molecule has 4 aromatic rings. The van der Waals surface area contributed by atoms with Crippen LogP contribution in [-0.4, -0.2) is 47.2 Å². The van der Waals surface area contributed by atoms with Gasteiger partial charge >= 0.3 is 12.1 Å². The van der Waals surface area contributed by atoms with Gasteiger partial charge in [0.25, 0.3) is 10.0 Å². The summed E-state index contributed by atoms with van der Waals surface area (Å²) in [6, 6.07) is 24.3. The van der Waals surface area contributed by atoms with Crippen molar-refractivity contribution in [2.24, 2.45) is 5.41 Å². The maximum absolute atomic E-state index is 13.6. The number of carbonyl (C=O) groups is 2. The number of rotatable bonds is 11. The van der Waals surface area contributed by atoms with Crippen molar-refractivity contribution in [2.75, 3.05) is 10.2 Å². The molecule has 0 aliphatic carbocycles. The first kappa shape index (κ1) is 35.1. The second kappa shape index (κ2) is 14.3. The number of anilines is 3. The molecule has 0 spiro atoms. The average Bonchev–Trinajstić information content (AvgIpc) is 2.99. The van der Waals surface area contributed by atoms with Gasteiger partial charge in [-0.2, -0.15) is 0 Å². The molecule has 2 heterocycles. The third-order valence-electron chi connectivity index (χ3n) is 6.93. The lowest BCUT2D eigenvalue weighted by molar-refractivity contribution is -0.141. The lowest BCUT2D eigenvalue weighted by Crippen LogP contribution is -2.54. The molecule has 248 valence electrons. The summed E-state index contributed by atoms with van der Waals surface area (Å²) in [5, 5.41) is 13.4. The molecule has 0 saturated heterocycles. The number of carboxylic acids is 1. The highest BCUT2D eigenvalue weighted by molar-refractivity contribution is 7.89. The number of hydrogen-bond acceptors (Lipinski definition) is 8. The molecule has 2 unspecified atom stereocenters. The fourth-order valence-corrected chi connectivity index (χ4v) is 6.04. The van der Waals surface area contributed by atoms with Crippen LogP contribution in [-0.2, 0) is 26.0 Å². The Bertz CT molecular complexity index is 1770. The maximum atomic E-state index is 13.6. The van der Waals surface area contributed by atoms with Gasteiger partial charge in [0.1, 0.15) is 17.5 Å². The van der Waals surface area contributed by atoms with E-state index in [-0.39, 0.29) is 23.0 Å². The Morgan fingerprint density at radius 3 is 2.06 bits per heavy atom. The minimum absolute atomic E-state index is 0.00326. The smallest absolute Gasteiger partial charge is 0.416 e. The van der Waals surface area contributed by atoms with E-state index in [1.54, 1.807) is 65.8 Å². The number of nitrogens with one attached hydrogen (secondary N) is 2. The predicted octanol–water partition coefficient (Wildman–Crippen LogP) is 6.72. The highest BCUT2D eigenvalue weighted by atomic mass is 32.2. The first-order valence-electron chi connectivity index (χ1n) is 15.1. The average molecular weight is 660 g/mol. The standard InChI is InChI=1S/C35H41N5O6S/c1-34(2,3)31(32(41)42)40(33(43)46-35(4,5)6)29-16-12-15-27(38-29)28(39-47(44,45)30-17-10-11-22-36-30)23-24-18-20-26(21-19-24)37-25-13-8-7-9-14-25/h7-22,28,31,37,39H,23H2,1-6H3,(H,41,42). The summed E-state index contributed by atoms with van der Waals surface area (Å²) in [5.41, 5.74) is 0.991. The van der Waals surface area contributed by atoms with Gasteiger partial charge in [-0.15, -0.1) is 0 Å². The lowest BCUT2D eigenvalue weighted by Gasteiger charge is -2.37. The topological polar surface area (TPSA) is 151 Å². The molecule has 3 N–H and O–H groups in total. The van der Waals surface area contributed by atoms with Crippen LogP contribution in [0.15, 0.2) is 102 Å². The van der Waals surface area contributed by atoms with Crippen LogP contribution >= 0.6 is 0 Å². The van der Waals surface area contributed by atoms with Crippen molar-refractivity contribution < 1.29 is 27.9 Å². The van der Waals surface area contributed by atoms with Crippen LogP contribution in [0.1, 0.15) is 58.8 Å². The van der Waals surface area contributed by atoms with E-state index in [9.17, 15) is 23.1 Å². The molecule has 11 nitrogen and oxygen atoms in total. The molecule has 4 rings (SSSR count). The molecule has 1 amide bonds. The number of pyridine rings is 2. The normalized spacial score (nSPS) is 13.3. The minimum Gasteiger partial charge on any atom is -0.480 e. The van der Waals surface area contributed by atoms with Crippen LogP contribution in [0.25, 0.3) is 0 Å². The first-order valence-corrected chi connectivity index (χ1v) is 16.6. The Balaban J connectivity index is 1.75. The van der Waals surface area contributed by atoms with Gasteiger partial charge in [0.15, 0.2) is 5.03 Å². The molecule has 0 aliphatic rings. The number of aliphatic carboxylic acids is 1. The Kier molecular flexibility index (Phi) is 10.7. The number of ether oxygens (including phenoxy) is 1. The fourth-order valence-electron chi connectivity index (χ4n) is 4.89. The Morgan fingerprint density at radius 2 is 1.49 bits per heavy atom. The Hall–Kier alpha value is -4.81. The van der Waals surface area contributed by atoms with Crippen molar-refractivity contribution in [3.63, 3.8) is 0 Å². The number of carboxylic acid groups (broad SMARTS) is 1. The molecule has 0 radical (unpaired) electrons. The largest absolute Gasteiger partial charge is 0.480 e. The van der Waals surface area contributed by atoms with Gasteiger partial charge in [0.2, 0.25) is 0 Å². The van der Waals surface area contributed by atoms with Crippen LogP contribution < -0.4 is 14.9 Å². The number of amides is 1. The highest BCUT2D eigenvalue weighted by Gasteiger charge is 2.43. The molecule has 0 fully saturated rings. The predicted molar refractivity (Wildman–Crippen MR) is 181 cm³/mol. The van der Waals surface area contributed by atoms with Gasteiger partial charge in [-0.3, -0.25) is 0 Å². The zero-order valence-corrected chi connectivity index (χ0v) is 28.2. The molecule has 2 aromatic carbocycles. The summed E-state index contributed by atoms with van der Waals surface area (Å²) in [6.07, 6.45) is 0.678.